The number of aryl methyl sites for hydroxylation is 2. The van der Waals surface area contributed by atoms with Gasteiger partial charge < -0.3 is 15.0 Å². The van der Waals surface area contributed by atoms with Crippen LogP contribution >= 0.6 is 11.6 Å². The van der Waals surface area contributed by atoms with Crippen molar-refractivity contribution in [3.8, 4) is 5.75 Å². The summed E-state index contributed by atoms with van der Waals surface area (Å²) in [7, 11) is -2.61. The first-order valence-electron chi connectivity index (χ1n) is 15.1. The first-order valence-corrected chi connectivity index (χ1v) is 16.9. The Balaban J connectivity index is 1.73. The number of hydrogen-bond acceptors (Lipinski definition) is 5. The van der Waals surface area contributed by atoms with Crippen molar-refractivity contribution in [1.82, 2.24) is 10.2 Å². The summed E-state index contributed by atoms with van der Waals surface area (Å²) in [5, 5.41) is 3.51. The van der Waals surface area contributed by atoms with E-state index in [0.717, 1.165) is 47.5 Å². The highest BCUT2D eigenvalue weighted by atomic mass is 35.5. The molecule has 0 aromatic heterocycles. The number of sulfonamides is 1. The van der Waals surface area contributed by atoms with Gasteiger partial charge in [-0.25, -0.2) is 8.42 Å². The summed E-state index contributed by atoms with van der Waals surface area (Å²) in [5.74, 6) is -0.0600. The van der Waals surface area contributed by atoms with Crippen molar-refractivity contribution < 1.29 is 22.7 Å². The van der Waals surface area contributed by atoms with Crippen molar-refractivity contribution in [2.24, 2.45) is 0 Å². The predicted octanol–water partition coefficient (Wildman–Crippen LogP) is 6.42. The molecule has 1 fully saturated rings. The molecule has 10 heteroatoms. The molecule has 3 aromatic rings. The zero-order valence-corrected chi connectivity index (χ0v) is 27.5. The molecule has 0 radical (unpaired) electrons. The number of carbonyl (C=O) groups excluding carboxylic acids is 2. The maximum atomic E-state index is 14.4. The number of nitrogens with zero attached hydrogens (tertiary/aromatic N) is 2. The van der Waals surface area contributed by atoms with Crippen LogP contribution in [0.4, 0.5) is 5.69 Å². The van der Waals surface area contributed by atoms with Crippen LogP contribution in [0.5, 0.6) is 5.75 Å². The third kappa shape index (κ3) is 8.12. The number of hydrogen-bond donors (Lipinski definition) is 1. The lowest BCUT2D eigenvalue weighted by Crippen LogP contribution is -2.54. The fourth-order valence-electron chi connectivity index (χ4n) is 5.59. The number of benzene rings is 3. The Labute approximate surface area is 266 Å². The first kappa shape index (κ1) is 33.3. The van der Waals surface area contributed by atoms with Crippen LogP contribution in [0.25, 0.3) is 0 Å². The Morgan fingerprint density at radius 3 is 2.25 bits per heavy atom. The monoisotopic (exact) mass is 639 g/mol. The average Bonchev–Trinajstić information content (AvgIpc) is 3.02. The molecule has 0 saturated heterocycles. The number of anilines is 1. The Kier molecular flexibility index (Phi) is 11.3. The molecule has 8 nitrogen and oxygen atoms in total. The highest BCUT2D eigenvalue weighted by Crippen LogP contribution is 2.30. The number of halogens is 1. The van der Waals surface area contributed by atoms with E-state index in [9.17, 15) is 18.0 Å². The molecule has 1 N–H and O–H groups in total. The van der Waals surface area contributed by atoms with Gasteiger partial charge >= 0.3 is 0 Å². The molecule has 2 amide bonds. The van der Waals surface area contributed by atoms with Crippen molar-refractivity contribution in [3.63, 3.8) is 0 Å². The summed E-state index contributed by atoms with van der Waals surface area (Å²) in [6.07, 6.45) is 5.44. The van der Waals surface area contributed by atoms with E-state index in [1.807, 2.05) is 26.0 Å². The van der Waals surface area contributed by atoms with Crippen molar-refractivity contribution in [3.05, 3.63) is 88.4 Å². The van der Waals surface area contributed by atoms with Crippen molar-refractivity contribution in [2.75, 3.05) is 18.0 Å². The molecular weight excluding hydrogens is 598 g/mol. The van der Waals surface area contributed by atoms with Crippen molar-refractivity contribution in [1.29, 1.82) is 0 Å². The molecule has 1 aliphatic carbocycles. The summed E-state index contributed by atoms with van der Waals surface area (Å²) in [5.41, 5.74) is 2.64. The van der Waals surface area contributed by atoms with E-state index in [-0.39, 0.29) is 23.4 Å². The number of rotatable bonds is 12. The van der Waals surface area contributed by atoms with E-state index in [1.165, 1.54) is 17.0 Å². The van der Waals surface area contributed by atoms with E-state index in [1.54, 1.807) is 56.5 Å². The van der Waals surface area contributed by atoms with Crippen LogP contribution in [0, 0.1) is 13.8 Å². The molecule has 0 unspecified atom stereocenters. The highest BCUT2D eigenvalue weighted by molar-refractivity contribution is 7.92. The fourth-order valence-corrected chi connectivity index (χ4v) is 7.23. The van der Waals surface area contributed by atoms with Crippen LogP contribution in [-0.4, -0.2) is 50.9 Å². The van der Waals surface area contributed by atoms with E-state index in [2.05, 4.69) is 5.32 Å². The SMILES string of the molecule is CC[C@@H](C(=O)NC1CCCCC1)N(Cc1ccc(OC)cc1)C(=O)CN(c1cc(Cl)ccc1C)S(=O)(=O)c1ccc(C)cc1. The number of methoxy groups -OCH3 is 1. The second kappa shape index (κ2) is 14.9. The highest BCUT2D eigenvalue weighted by Gasteiger charge is 2.35. The number of carbonyl (C=O) groups is 2. The normalized spacial score (nSPS) is 14.5. The molecule has 0 aliphatic heterocycles. The molecule has 1 saturated carbocycles. The minimum Gasteiger partial charge on any atom is -0.497 e. The van der Waals surface area contributed by atoms with Crippen LogP contribution in [0.1, 0.15) is 62.1 Å². The van der Waals surface area contributed by atoms with E-state index < -0.39 is 28.5 Å². The van der Waals surface area contributed by atoms with Gasteiger partial charge in [-0.3, -0.25) is 13.9 Å². The van der Waals surface area contributed by atoms with Crippen molar-refractivity contribution >= 4 is 39.1 Å². The standard InChI is InChI=1S/C34H42ClN3O5S/c1-5-31(34(40)36-28-9-7-6-8-10-28)37(22-26-14-17-29(43-4)18-15-26)33(39)23-38(32-21-27(35)16-13-25(32)3)44(41,42)30-19-11-24(2)12-20-30/h11-21,28,31H,5-10,22-23H2,1-4H3,(H,36,40)/t31-/m0/s1. The molecule has 0 heterocycles. The summed E-state index contributed by atoms with van der Waals surface area (Å²) in [6, 6.07) is 18.0. The van der Waals surface area contributed by atoms with Gasteiger partial charge in [0.1, 0.15) is 18.3 Å². The van der Waals surface area contributed by atoms with Crippen LogP contribution < -0.4 is 14.4 Å². The molecule has 1 aliphatic rings. The zero-order valence-electron chi connectivity index (χ0n) is 25.9. The molecule has 3 aromatic carbocycles. The van der Waals surface area contributed by atoms with Gasteiger partial charge in [0.25, 0.3) is 10.0 Å². The minimum absolute atomic E-state index is 0.0547. The summed E-state index contributed by atoms with van der Waals surface area (Å²) in [6.45, 7) is 5.11. The lowest BCUT2D eigenvalue weighted by Gasteiger charge is -2.34. The van der Waals surface area contributed by atoms with Crippen LogP contribution in [0.2, 0.25) is 5.02 Å². The Hall–Kier alpha value is -3.56. The van der Waals surface area contributed by atoms with E-state index in [4.69, 9.17) is 16.3 Å². The second-order valence-electron chi connectivity index (χ2n) is 11.4. The molecule has 44 heavy (non-hydrogen) atoms. The van der Waals surface area contributed by atoms with Gasteiger partial charge in [0, 0.05) is 17.6 Å². The van der Waals surface area contributed by atoms with Gasteiger partial charge in [-0.2, -0.15) is 0 Å². The maximum Gasteiger partial charge on any atom is 0.264 e. The fraction of sp³-hybridized carbons (Fsp3) is 0.412. The van der Waals surface area contributed by atoms with Crippen LogP contribution in [0.15, 0.2) is 71.6 Å². The Morgan fingerprint density at radius 1 is 0.977 bits per heavy atom. The van der Waals surface area contributed by atoms with E-state index in [0.29, 0.717) is 28.4 Å². The van der Waals surface area contributed by atoms with Gasteiger partial charge in [0.2, 0.25) is 11.8 Å². The summed E-state index contributed by atoms with van der Waals surface area (Å²) >= 11 is 6.34. The lowest BCUT2D eigenvalue weighted by molar-refractivity contribution is -0.140. The maximum absolute atomic E-state index is 14.4. The van der Waals surface area contributed by atoms with Crippen LogP contribution in [0.3, 0.4) is 0 Å². The van der Waals surface area contributed by atoms with Gasteiger partial charge in [-0.1, -0.05) is 73.7 Å². The minimum atomic E-state index is -4.19. The molecular formula is C34H42ClN3O5S. The lowest BCUT2D eigenvalue weighted by atomic mass is 9.95. The summed E-state index contributed by atoms with van der Waals surface area (Å²) < 4.78 is 34.7. The first-order chi connectivity index (χ1) is 21.0. The molecule has 1 atom stereocenters. The third-order valence-electron chi connectivity index (χ3n) is 8.18. The number of ether oxygens (including phenoxy) is 1. The topological polar surface area (TPSA) is 96.0 Å². The Bertz CT molecular complexity index is 1540. The van der Waals surface area contributed by atoms with Gasteiger partial charge in [-0.05, 0) is 80.6 Å². The number of amides is 2. The molecule has 236 valence electrons. The van der Waals surface area contributed by atoms with Gasteiger partial charge in [0.05, 0.1) is 17.7 Å². The molecule has 4 rings (SSSR count). The molecule has 0 bridgehead atoms. The summed E-state index contributed by atoms with van der Waals surface area (Å²) in [4.78, 5) is 29.6. The average molecular weight is 640 g/mol. The second-order valence-corrected chi connectivity index (χ2v) is 13.7. The zero-order chi connectivity index (χ0) is 31.9. The van der Waals surface area contributed by atoms with Crippen LogP contribution in [-0.2, 0) is 26.2 Å². The largest absolute Gasteiger partial charge is 0.497 e. The Morgan fingerprint density at radius 2 is 1.64 bits per heavy atom. The van der Waals surface area contributed by atoms with Crippen molar-refractivity contribution in [2.45, 2.75) is 82.8 Å². The third-order valence-corrected chi connectivity index (χ3v) is 10.2. The van der Waals surface area contributed by atoms with E-state index >= 15 is 0 Å². The van der Waals surface area contributed by atoms with Gasteiger partial charge in [0.15, 0.2) is 0 Å². The molecule has 0 spiro atoms. The van der Waals surface area contributed by atoms with Gasteiger partial charge in [-0.15, -0.1) is 0 Å². The smallest absolute Gasteiger partial charge is 0.264 e. The predicted molar refractivity (Wildman–Crippen MR) is 175 cm³/mol. The number of nitrogens with one attached hydrogen (secondary N) is 1. The quantitative estimate of drug-likeness (QED) is 0.247.